The predicted molar refractivity (Wildman–Crippen MR) is 173 cm³/mol. The van der Waals surface area contributed by atoms with Crippen LogP contribution in [0.15, 0.2) is 54.2 Å². The number of fused-ring (bicyclic) bond motifs is 2. The molecule has 1 saturated carbocycles. The first kappa shape index (κ1) is 29.7. The van der Waals surface area contributed by atoms with E-state index in [9.17, 15) is 14.4 Å². The van der Waals surface area contributed by atoms with Crippen molar-refractivity contribution in [3.05, 3.63) is 65.4 Å². The summed E-state index contributed by atoms with van der Waals surface area (Å²) in [4.78, 5) is 38.9. The molecule has 0 radical (unpaired) electrons. The van der Waals surface area contributed by atoms with Gasteiger partial charge in [-0.15, -0.1) is 0 Å². The van der Waals surface area contributed by atoms with E-state index in [1.54, 1.807) is 4.90 Å². The Bertz CT molecular complexity index is 1440. The first-order chi connectivity index (χ1) is 21.5. The molecule has 232 valence electrons. The van der Waals surface area contributed by atoms with Crippen molar-refractivity contribution < 1.29 is 14.4 Å². The number of amides is 3. The fourth-order valence-electron chi connectivity index (χ4n) is 7.13. The molecule has 0 spiro atoms. The molecule has 2 aromatic carbocycles. The monoisotopic (exact) mass is 597 g/mol. The molecule has 1 saturated heterocycles. The second kappa shape index (κ2) is 13.5. The molecule has 4 atom stereocenters. The second-order valence-electron chi connectivity index (χ2n) is 12.5. The van der Waals surface area contributed by atoms with Gasteiger partial charge in [0.15, 0.2) is 0 Å². The van der Waals surface area contributed by atoms with Gasteiger partial charge in [0.2, 0.25) is 11.8 Å². The number of carbonyl (C=O) groups is 3. The van der Waals surface area contributed by atoms with E-state index in [-0.39, 0.29) is 30.2 Å². The number of para-hydroxylation sites is 2. The summed E-state index contributed by atoms with van der Waals surface area (Å²) in [6.07, 6.45) is 12.1. The number of nitrogens with zero attached hydrogens (tertiary/aromatic N) is 1. The number of hydrogen-bond donors (Lipinski definition) is 6. The summed E-state index contributed by atoms with van der Waals surface area (Å²) in [6.45, 7) is 2.02. The minimum Gasteiger partial charge on any atom is -0.391 e. The molecule has 10 heteroatoms. The van der Waals surface area contributed by atoms with Gasteiger partial charge in [0, 0.05) is 66.9 Å². The van der Waals surface area contributed by atoms with Gasteiger partial charge in [0.1, 0.15) is 6.04 Å². The molecule has 3 amide bonds. The van der Waals surface area contributed by atoms with Gasteiger partial charge in [-0.05, 0) is 55.9 Å². The van der Waals surface area contributed by atoms with Gasteiger partial charge in [-0.25, -0.2) is 0 Å². The summed E-state index contributed by atoms with van der Waals surface area (Å²) in [5.74, 6) is -0.109. The Kier molecular flexibility index (Phi) is 9.14. The summed E-state index contributed by atoms with van der Waals surface area (Å²) in [5.41, 5.74) is 5.69. The van der Waals surface area contributed by atoms with Crippen LogP contribution in [0.5, 0.6) is 0 Å². The summed E-state index contributed by atoms with van der Waals surface area (Å²) < 4.78 is 0. The molecule has 2 fully saturated rings. The van der Waals surface area contributed by atoms with Gasteiger partial charge in [0.05, 0.1) is 17.4 Å². The lowest BCUT2D eigenvalue weighted by Crippen LogP contribution is -2.52. The van der Waals surface area contributed by atoms with Crippen molar-refractivity contribution in [1.29, 1.82) is 5.41 Å². The van der Waals surface area contributed by atoms with Crippen molar-refractivity contribution in [2.45, 2.75) is 82.5 Å². The fraction of sp³-hybridized carbons (Fsp3) is 0.471. The summed E-state index contributed by atoms with van der Waals surface area (Å²) in [5, 5.41) is 24.4. The highest BCUT2D eigenvalue weighted by molar-refractivity contribution is 6.06. The highest BCUT2D eigenvalue weighted by Gasteiger charge is 2.40. The van der Waals surface area contributed by atoms with Crippen LogP contribution in [0.1, 0.15) is 73.7 Å². The molecular weight excluding hydrogens is 554 g/mol. The molecule has 2 aromatic rings. The van der Waals surface area contributed by atoms with Crippen LogP contribution in [0.3, 0.4) is 0 Å². The Labute approximate surface area is 258 Å². The van der Waals surface area contributed by atoms with Crippen molar-refractivity contribution >= 4 is 41.0 Å². The molecule has 10 nitrogen and oxygen atoms in total. The number of imide groups is 1. The molecule has 0 aromatic heterocycles. The number of piperidine rings is 1. The van der Waals surface area contributed by atoms with E-state index in [0.717, 1.165) is 67.0 Å². The number of nitrogens with one attached hydrogen (secondary N) is 6. The standard InChI is InChI=1S/C34H43N7O3/c35-18-23(30-20-37-28-11-1-2-12-29(28)39-30)19-36-16-4-3-7-22-8-5-9-24(17-22)38-27-13-6-10-25-26(27)21-41(34(25)44)31-14-15-32(42)40-33(31)43/h1-2,6,10-13,18-19,22,24,30-31,35-39H,3-5,7-9,14-17,20-21H2,(H,40,42,43)/b23-19+,35-18?. The number of benzene rings is 2. The average molecular weight is 598 g/mol. The minimum atomic E-state index is -0.598. The molecule has 3 heterocycles. The number of hydrogen-bond acceptors (Lipinski definition) is 8. The predicted octanol–water partition coefficient (Wildman–Crippen LogP) is 4.62. The van der Waals surface area contributed by atoms with E-state index >= 15 is 0 Å². The van der Waals surface area contributed by atoms with Crippen molar-refractivity contribution in [2.75, 3.05) is 29.0 Å². The van der Waals surface area contributed by atoms with Gasteiger partial charge in [-0.1, -0.05) is 43.9 Å². The van der Waals surface area contributed by atoms with Crippen LogP contribution in [0.25, 0.3) is 0 Å². The quantitative estimate of drug-likeness (QED) is 0.126. The smallest absolute Gasteiger partial charge is 0.255 e. The van der Waals surface area contributed by atoms with Gasteiger partial charge < -0.3 is 31.6 Å². The molecule has 1 aliphatic carbocycles. The fourth-order valence-corrected chi connectivity index (χ4v) is 7.13. The van der Waals surface area contributed by atoms with Gasteiger partial charge in [0.25, 0.3) is 5.91 Å². The van der Waals surface area contributed by atoms with Gasteiger partial charge >= 0.3 is 0 Å². The van der Waals surface area contributed by atoms with Crippen LogP contribution >= 0.6 is 0 Å². The lowest BCUT2D eigenvalue weighted by Gasteiger charge is -2.31. The summed E-state index contributed by atoms with van der Waals surface area (Å²) in [6, 6.07) is 13.8. The molecule has 4 aliphatic rings. The third-order valence-electron chi connectivity index (χ3n) is 9.50. The normalized spacial score (nSPS) is 24.9. The molecule has 3 aliphatic heterocycles. The average Bonchev–Trinajstić information content (AvgIpc) is 3.37. The van der Waals surface area contributed by atoms with E-state index in [0.29, 0.717) is 30.5 Å². The number of anilines is 3. The molecule has 6 rings (SSSR count). The Morgan fingerprint density at radius 3 is 2.73 bits per heavy atom. The van der Waals surface area contributed by atoms with Crippen LogP contribution in [0.4, 0.5) is 17.1 Å². The minimum absolute atomic E-state index is 0.0612. The molecule has 44 heavy (non-hydrogen) atoms. The maximum absolute atomic E-state index is 13.2. The summed E-state index contributed by atoms with van der Waals surface area (Å²) in [7, 11) is 0. The summed E-state index contributed by atoms with van der Waals surface area (Å²) >= 11 is 0. The van der Waals surface area contributed by atoms with Gasteiger partial charge in [-0.3, -0.25) is 19.7 Å². The van der Waals surface area contributed by atoms with E-state index < -0.39 is 6.04 Å². The van der Waals surface area contributed by atoms with E-state index in [2.05, 4.69) is 38.7 Å². The lowest BCUT2D eigenvalue weighted by atomic mass is 9.82. The maximum atomic E-state index is 13.2. The number of carbonyl (C=O) groups excluding carboxylic acids is 3. The van der Waals surface area contributed by atoms with E-state index in [4.69, 9.17) is 5.41 Å². The van der Waals surface area contributed by atoms with E-state index in [1.807, 2.05) is 36.5 Å². The van der Waals surface area contributed by atoms with Crippen LogP contribution in [0, 0.1) is 11.3 Å². The lowest BCUT2D eigenvalue weighted by molar-refractivity contribution is -0.136. The number of rotatable bonds is 11. The Morgan fingerprint density at radius 2 is 1.89 bits per heavy atom. The Morgan fingerprint density at radius 1 is 1.02 bits per heavy atom. The SMILES string of the molecule is N=C/C(=C\NCCCCC1CCCC(Nc2cccc3c2CN(C2CCC(=O)NC2=O)C3=O)C1)C1CNc2ccccc2N1. The highest BCUT2D eigenvalue weighted by atomic mass is 16.2. The van der Waals surface area contributed by atoms with Crippen molar-refractivity contribution in [3.8, 4) is 0 Å². The van der Waals surface area contributed by atoms with Crippen LogP contribution in [-0.2, 0) is 16.1 Å². The molecule has 4 unspecified atom stereocenters. The molecule has 0 bridgehead atoms. The molecular formula is C34H43N7O3. The first-order valence-electron chi connectivity index (χ1n) is 16.1. The van der Waals surface area contributed by atoms with E-state index in [1.165, 1.54) is 25.5 Å². The third kappa shape index (κ3) is 6.59. The van der Waals surface area contributed by atoms with Crippen molar-refractivity contribution in [1.82, 2.24) is 15.5 Å². The van der Waals surface area contributed by atoms with Gasteiger partial charge in [-0.2, -0.15) is 0 Å². The maximum Gasteiger partial charge on any atom is 0.255 e. The number of unbranched alkanes of at least 4 members (excludes halogenated alkanes) is 1. The third-order valence-corrected chi connectivity index (χ3v) is 9.50. The zero-order valence-corrected chi connectivity index (χ0v) is 25.2. The first-order valence-corrected chi connectivity index (χ1v) is 16.1. The zero-order valence-electron chi connectivity index (χ0n) is 25.2. The Balaban J connectivity index is 0.952. The van der Waals surface area contributed by atoms with Crippen LogP contribution in [-0.4, -0.2) is 60.1 Å². The van der Waals surface area contributed by atoms with Crippen LogP contribution < -0.4 is 26.6 Å². The second-order valence-corrected chi connectivity index (χ2v) is 12.5. The zero-order chi connectivity index (χ0) is 30.5. The topological polar surface area (TPSA) is 138 Å². The Hall–Kier alpha value is -4.34. The van der Waals surface area contributed by atoms with Crippen molar-refractivity contribution in [2.24, 2.45) is 5.92 Å². The van der Waals surface area contributed by atoms with Crippen LogP contribution in [0.2, 0.25) is 0 Å². The molecule has 6 N–H and O–H groups in total. The van der Waals surface area contributed by atoms with Crippen molar-refractivity contribution in [3.63, 3.8) is 0 Å². The largest absolute Gasteiger partial charge is 0.391 e. The highest BCUT2D eigenvalue weighted by Crippen LogP contribution is 2.35.